The molecule has 0 aromatic heterocycles. The Kier molecular flexibility index (Phi) is 6.69. The van der Waals surface area contributed by atoms with Crippen LogP contribution in [0.5, 0.6) is 0 Å². The fraction of sp³-hybridized carbons (Fsp3) is 1.00. The monoisotopic (exact) mass is 230 g/mol. The molecule has 0 aliphatic heterocycles. The van der Waals surface area contributed by atoms with E-state index in [0.717, 1.165) is 12.1 Å². The lowest BCUT2D eigenvalue weighted by molar-refractivity contribution is 0.271. The Morgan fingerprint density at radius 3 is 2.73 bits per heavy atom. The topological polar surface area (TPSA) is 15.3 Å². The van der Waals surface area contributed by atoms with E-state index >= 15 is 0 Å². The Labute approximate surface area is 99.2 Å². The molecule has 0 heterocycles. The third kappa shape index (κ3) is 6.44. The Bertz CT molecular complexity index is 160. The molecule has 0 amide bonds. The first-order chi connectivity index (χ1) is 7.24. The van der Waals surface area contributed by atoms with Crippen molar-refractivity contribution < 1.29 is 0 Å². The zero-order chi connectivity index (χ0) is 11.1. The lowest BCUT2D eigenvalue weighted by atomic mass is 10.2. The summed E-state index contributed by atoms with van der Waals surface area (Å²) >= 11 is 1.94. The van der Waals surface area contributed by atoms with Gasteiger partial charge in [-0.1, -0.05) is 0 Å². The molecule has 1 atom stereocenters. The molecule has 1 unspecified atom stereocenters. The van der Waals surface area contributed by atoms with Gasteiger partial charge >= 0.3 is 0 Å². The largest absolute Gasteiger partial charge is 0.314 e. The predicted molar refractivity (Wildman–Crippen MR) is 70.7 cm³/mol. The Morgan fingerprint density at radius 2 is 2.13 bits per heavy atom. The van der Waals surface area contributed by atoms with E-state index in [9.17, 15) is 0 Å². The molecule has 3 heteroatoms. The van der Waals surface area contributed by atoms with Crippen LogP contribution in [0.15, 0.2) is 0 Å². The molecule has 0 bridgehead atoms. The van der Waals surface area contributed by atoms with Crippen molar-refractivity contribution in [2.75, 3.05) is 32.1 Å². The summed E-state index contributed by atoms with van der Waals surface area (Å²) in [5.41, 5.74) is 0. The summed E-state index contributed by atoms with van der Waals surface area (Å²) in [5.74, 6) is 1.25. The molecule has 1 saturated carbocycles. The minimum absolute atomic E-state index is 0.719. The van der Waals surface area contributed by atoms with Gasteiger partial charge in [0.1, 0.15) is 0 Å². The normalized spacial score (nSPS) is 18.4. The van der Waals surface area contributed by atoms with Crippen LogP contribution >= 0.6 is 11.8 Å². The van der Waals surface area contributed by atoms with Gasteiger partial charge in [-0.05, 0) is 59.0 Å². The van der Waals surface area contributed by atoms with Gasteiger partial charge in [0.05, 0.1) is 0 Å². The van der Waals surface area contributed by atoms with E-state index in [-0.39, 0.29) is 0 Å². The number of nitrogens with one attached hydrogen (secondary N) is 1. The van der Waals surface area contributed by atoms with Gasteiger partial charge in [-0.25, -0.2) is 0 Å². The molecule has 1 fully saturated rings. The van der Waals surface area contributed by atoms with E-state index in [0.29, 0.717) is 0 Å². The first-order valence-corrected chi connectivity index (χ1v) is 7.56. The molecule has 0 aromatic rings. The number of unbranched alkanes of at least 4 members (excludes halogenated alkanes) is 1. The summed E-state index contributed by atoms with van der Waals surface area (Å²) in [6, 6.07) is 1.59. The summed E-state index contributed by atoms with van der Waals surface area (Å²) in [5, 5.41) is 3.56. The molecule has 0 aromatic carbocycles. The molecule has 0 spiro atoms. The highest BCUT2D eigenvalue weighted by Gasteiger charge is 2.19. The number of hydrogen-bond acceptors (Lipinski definition) is 3. The first-order valence-electron chi connectivity index (χ1n) is 6.16. The standard InChI is InChI=1S/C12H26N2S/c1-11(10-15-3)14(2)9-5-4-8-13-12-6-7-12/h11-13H,4-10H2,1-3H3. The summed E-state index contributed by atoms with van der Waals surface area (Å²) in [6.45, 7) is 4.78. The van der Waals surface area contributed by atoms with Gasteiger partial charge in [0.25, 0.3) is 0 Å². The third-order valence-electron chi connectivity index (χ3n) is 3.11. The Hall–Kier alpha value is 0.270. The van der Waals surface area contributed by atoms with Gasteiger partial charge in [0.15, 0.2) is 0 Å². The van der Waals surface area contributed by atoms with Crippen molar-refractivity contribution in [1.29, 1.82) is 0 Å². The predicted octanol–water partition coefficient (Wildman–Crippen LogP) is 2.20. The second-order valence-corrected chi connectivity index (χ2v) is 5.63. The maximum Gasteiger partial charge on any atom is 0.0154 e. The van der Waals surface area contributed by atoms with Gasteiger partial charge in [0.2, 0.25) is 0 Å². The van der Waals surface area contributed by atoms with Crippen molar-refractivity contribution in [2.45, 2.75) is 44.7 Å². The molecule has 0 radical (unpaired) electrons. The van der Waals surface area contributed by atoms with Crippen LogP contribution < -0.4 is 5.32 Å². The maximum absolute atomic E-state index is 3.56. The van der Waals surface area contributed by atoms with Crippen molar-refractivity contribution in [1.82, 2.24) is 10.2 Å². The average molecular weight is 230 g/mol. The van der Waals surface area contributed by atoms with Gasteiger partial charge in [-0.3, -0.25) is 0 Å². The van der Waals surface area contributed by atoms with Crippen LogP contribution in [0, 0.1) is 0 Å². The van der Waals surface area contributed by atoms with Crippen LogP contribution in [0.1, 0.15) is 32.6 Å². The van der Waals surface area contributed by atoms with Crippen LogP contribution in [0.2, 0.25) is 0 Å². The molecule has 1 N–H and O–H groups in total. The molecule has 2 nitrogen and oxygen atoms in total. The van der Waals surface area contributed by atoms with E-state index in [2.05, 4.69) is 30.4 Å². The van der Waals surface area contributed by atoms with E-state index in [1.54, 1.807) is 0 Å². The number of hydrogen-bond donors (Lipinski definition) is 1. The van der Waals surface area contributed by atoms with Crippen molar-refractivity contribution in [3.8, 4) is 0 Å². The highest BCUT2D eigenvalue weighted by Crippen LogP contribution is 2.18. The van der Waals surface area contributed by atoms with Crippen LogP contribution in [0.3, 0.4) is 0 Å². The smallest absolute Gasteiger partial charge is 0.0154 e. The summed E-state index contributed by atoms with van der Waals surface area (Å²) in [7, 11) is 2.25. The molecule has 1 aliphatic carbocycles. The second-order valence-electron chi connectivity index (χ2n) is 4.72. The lowest BCUT2D eigenvalue weighted by Gasteiger charge is -2.23. The first kappa shape index (κ1) is 13.3. The quantitative estimate of drug-likeness (QED) is 0.611. The van der Waals surface area contributed by atoms with Crippen molar-refractivity contribution in [3.63, 3.8) is 0 Å². The number of rotatable bonds is 9. The number of nitrogens with zero attached hydrogens (tertiary/aromatic N) is 1. The lowest BCUT2D eigenvalue weighted by Crippen LogP contribution is -2.32. The molecule has 15 heavy (non-hydrogen) atoms. The van der Waals surface area contributed by atoms with Gasteiger partial charge in [-0.15, -0.1) is 0 Å². The fourth-order valence-electron chi connectivity index (χ4n) is 1.67. The van der Waals surface area contributed by atoms with Crippen molar-refractivity contribution >= 4 is 11.8 Å². The van der Waals surface area contributed by atoms with E-state index < -0.39 is 0 Å². The van der Waals surface area contributed by atoms with Gasteiger partial charge in [-0.2, -0.15) is 11.8 Å². The fourth-order valence-corrected chi connectivity index (χ4v) is 2.41. The summed E-state index contributed by atoms with van der Waals surface area (Å²) in [6.07, 6.45) is 7.65. The van der Waals surface area contributed by atoms with Crippen LogP contribution in [0.25, 0.3) is 0 Å². The molecule has 0 saturated heterocycles. The number of thioether (sulfide) groups is 1. The highest BCUT2D eigenvalue weighted by atomic mass is 32.2. The second kappa shape index (κ2) is 7.53. The molecular formula is C12H26N2S. The van der Waals surface area contributed by atoms with Crippen LogP contribution in [-0.4, -0.2) is 49.1 Å². The zero-order valence-corrected chi connectivity index (χ0v) is 11.3. The van der Waals surface area contributed by atoms with Gasteiger partial charge < -0.3 is 10.2 Å². The highest BCUT2D eigenvalue weighted by molar-refractivity contribution is 7.98. The van der Waals surface area contributed by atoms with Gasteiger partial charge in [0, 0.05) is 17.8 Å². The summed E-state index contributed by atoms with van der Waals surface area (Å²) < 4.78 is 0. The van der Waals surface area contributed by atoms with E-state index in [1.165, 1.54) is 44.5 Å². The minimum Gasteiger partial charge on any atom is -0.314 e. The average Bonchev–Trinajstić information content (AvgIpc) is 3.01. The third-order valence-corrected chi connectivity index (χ3v) is 3.92. The van der Waals surface area contributed by atoms with E-state index in [1.807, 2.05) is 11.8 Å². The zero-order valence-electron chi connectivity index (χ0n) is 10.5. The van der Waals surface area contributed by atoms with Crippen LogP contribution in [0.4, 0.5) is 0 Å². The summed E-state index contributed by atoms with van der Waals surface area (Å²) in [4.78, 5) is 2.48. The van der Waals surface area contributed by atoms with Crippen LogP contribution in [-0.2, 0) is 0 Å². The SMILES string of the molecule is CSCC(C)N(C)CCCCNC1CC1. The molecular weight excluding hydrogens is 204 g/mol. The molecule has 1 aliphatic rings. The maximum atomic E-state index is 3.56. The Morgan fingerprint density at radius 1 is 1.40 bits per heavy atom. The molecule has 1 rings (SSSR count). The molecule has 90 valence electrons. The Balaban J connectivity index is 1.88. The minimum atomic E-state index is 0.719. The van der Waals surface area contributed by atoms with E-state index in [4.69, 9.17) is 0 Å². The van der Waals surface area contributed by atoms with Crippen molar-refractivity contribution in [3.05, 3.63) is 0 Å². The van der Waals surface area contributed by atoms with Crippen molar-refractivity contribution in [2.24, 2.45) is 0 Å².